The van der Waals surface area contributed by atoms with Crippen LogP contribution in [0.5, 0.6) is 5.75 Å². The maximum absolute atomic E-state index is 14.9. The molecule has 1 aliphatic rings. The van der Waals surface area contributed by atoms with Gasteiger partial charge in [0.05, 0.1) is 23.0 Å². The molecule has 5 aromatic rings. The molecule has 4 aromatic heterocycles. The number of fused-ring (bicyclic) bond motifs is 1. The highest BCUT2D eigenvalue weighted by molar-refractivity contribution is 6.04. The number of pyridine rings is 3. The van der Waals surface area contributed by atoms with Crippen LogP contribution in [0.25, 0.3) is 28.2 Å². The third-order valence-electron chi connectivity index (χ3n) is 6.55. The van der Waals surface area contributed by atoms with Crippen molar-refractivity contribution in [3.8, 4) is 23.0 Å². The van der Waals surface area contributed by atoms with Crippen molar-refractivity contribution in [3.63, 3.8) is 0 Å². The van der Waals surface area contributed by atoms with Gasteiger partial charge in [-0.1, -0.05) is 12.1 Å². The minimum atomic E-state index is -2.98. The van der Waals surface area contributed by atoms with Gasteiger partial charge in [-0.2, -0.15) is 8.78 Å². The Balaban J connectivity index is 1.25. The Hall–Kier alpha value is -4.87. The molecule has 4 heterocycles. The Bertz CT molecular complexity index is 1650. The number of hydrogen-bond donors (Lipinski definition) is 1. The summed E-state index contributed by atoms with van der Waals surface area (Å²) in [7, 11) is 0. The van der Waals surface area contributed by atoms with Gasteiger partial charge in [-0.15, -0.1) is 10.2 Å². The van der Waals surface area contributed by atoms with Crippen molar-refractivity contribution < 1.29 is 22.7 Å². The maximum Gasteiger partial charge on any atom is 0.387 e. The molecule has 0 atom stereocenters. The van der Waals surface area contributed by atoms with Crippen molar-refractivity contribution in [2.24, 2.45) is 0 Å². The second kappa shape index (κ2) is 10.1. The molecule has 1 N–H and O–H groups in total. The molecule has 0 bridgehead atoms. The van der Waals surface area contributed by atoms with E-state index in [-0.39, 0.29) is 35.1 Å². The van der Waals surface area contributed by atoms with Crippen LogP contribution in [0.2, 0.25) is 0 Å². The predicted molar refractivity (Wildman–Crippen MR) is 134 cm³/mol. The molecular weight excluding hydrogens is 511 g/mol. The molecule has 1 aromatic carbocycles. The lowest BCUT2D eigenvalue weighted by molar-refractivity contribution is -0.0500. The summed E-state index contributed by atoms with van der Waals surface area (Å²) in [6.45, 7) is -2.98. The number of aromatic nitrogens is 6. The number of ether oxygens (including phenoxy) is 1. The molecule has 39 heavy (non-hydrogen) atoms. The van der Waals surface area contributed by atoms with Crippen LogP contribution < -0.4 is 10.1 Å². The van der Waals surface area contributed by atoms with Crippen LogP contribution in [-0.2, 0) is 0 Å². The molecule has 1 aliphatic carbocycles. The van der Waals surface area contributed by atoms with E-state index in [1.807, 2.05) is 0 Å². The number of carbonyl (C=O) groups excluding carboxylic acids is 1. The number of para-hydroxylation sites is 1. The molecule has 1 saturated carbocycles. The minimum Gasteiger partial charge on any atom is -0.433 e. The van der Waals surface area contributed by atoms with Crippen LogP contribution in [0.4, 0.5) is 13.2 Å². The Kier molecular flexibility index (Phi) is 6.35. The summed E-state index contributed by atoms with van der Waals surface area (Å²) in [4.78, 5) is 25.7. The van der Waals surface area contributed by atoms with Gasteiger partial charge in [0.25, 0.3) is 5.91 Å². The lowest BCUT2D eigenvalue weighted by atomic mass is 9.79. The first-order chi connectivity index (χ1) is 19.0. The molecule has 12 heteroatoms. The van der Waals surface area contributed by atoms with Crippen LogP contribution >= 0.6 is 0 Å². The number of hydrogen-bond acceptors (Lipinski definition) is 7. The minimum absolute atomic E-state index is 0.110. The summed E-state index contributed by atoms with van der Waals surface area (Å²) < 4.78 is 45.9. The Morgan fingerprint density at radius 2 is 1.82 bits per heavy atom. The average molecular weight is 531 g/mol. The van der Waals surface area contributed by atoms with Crippen molar-refractivity contribution in [1.82, 2.24) is 35.0 Å². The maximum atomic E-state index is 14.9. The number of alkyl halides is 2. The van der Waals surface area contributed by atoms with E-state index in [0.717, 1.165) is 6.20 Å². The average Bonchev–Trinajstić information content (AvgIpc) is 3.34. The first kappa shape index (κ1) is 24.5. The SMILES string of the molecule is O=C(N[C@H]1C[C@H](c2nnc(-c3ccc(OC(F)F)cn3)n2-c2ccccc2F)C1)c1ccnc2cccnc12. The second-order valence-corrected chi connectivity index (χ2v) is 8.99. The van der Waals surface area contributed by atoms with Crippen LogP contribution in [0.15, 0.2) is 73.2 Å². The summed E-state index contributed by atoms with van der Waals surface area (Å²) in [6, 6.07) is 14.0. The zero-order valence-electron chi connectivity index (χ0n) is 20.2. The van der Waals surface area contributed by atoms with E-state index in [1.54, 1.807) is 53.4 Å². The zero-order valence-corrected chi connectivity index (χ0v) is 20.2. The highest BCUT2D eigenvalue weighted by Crippen LogP contribution is 2.39. The molecule has 0 spiro atoms. The number of benzene rings is 1. The fraction of sp³-hybridized carbons (Fsp3) is 0.185. The van der Waals surface area contributed by atoms with Crippen molar-refractivity contribution in [3.05, 3.63) is 90.4 Å². The Morgan fingerprint density at radius 1 is 0.974 bits per heavy atom. The fourth-order valence-corrected chi connectivity index (χ4v) is 4.65. The van der Waals surface area contributed by atoms with E-state index in [1.165, 1.54) is 18.2 Å². The number of carbonyl (C=O) groups is 1. The van der Waals surface area contributed by atoms with Crippen LogP contribution in [0, 0.1) is 5.82 Å². The van der Waals surface area contributed by atoms with Crippen molar-refractivity contribution in [1.29, 1.82) is 0 Å². The van der Waals surface area contributed by atoms with Gasteiger partial charge in [0.2, 0.25) is 0 Å². The highest BCUT2D eigenvalue weighted by atomic mass is 19.3. The molecule has 0 radical (unpaired) electrons. The zero-order chi connectivity index (χ0) is 26.9. The number of rotatable bonds is 7. The molecule has 9 nitrogen and oxygen atoms in total. The van der Waals surface area contributed by atoms with E-state index in [4.69, 9.17) is 0 Å². The highest BCUT2D eigenvalue weighted by Gasteiger charge is 2.37. The molecule has 6 rings (SSSR count). The van der Waals surface area contributed by atoms with Gasteiger partial charge in [0.15, 0.2) is 5.82 Å². The quantitative estimate of drug-likeness (QED) is 0.325. The topological polar surface area (TPSA) is 108 Å². The first-order valence-corrected chi connectivity index (χ1v) is 12.1. The van der Waals surface area contributed by atoms with Crippen LogP contribution in [0.1, 0.15) is 34.9 Å². The molecular formula is C27H20F3N7O2. The molecule has 196 valence electrons. The predicted octanol–water partition coefficient (Wildman–Crippen LogP) is 4.69. The number of nitrogens with one attached hydrogen (secondary N) is 1. The number of amides is 1. The van der Waals surface area contributed by atoms with Gasteiger partial charge < -0.3 is 10.1 Å². The molecule has 1 fully saturated rings. The van der Waals surface area contributed by atoms with E-state index < -0.39 is 12.4 Å². The number of nitrogens with zero attached hydrogens (tertiary/aromatic N) is 6. The van der Waals surface area contributed by atoms with Gasteiger partial charge in [0.1, 0.15) is 28.6 Å². The Morgan fingerprint density at radius 3 is 2.59 bits per heavy atom. The summed E-state index contributed by atoms with van der Waals surface area (Å²) in [5, 5.41) is 11.6. The van der Waals surface area contributed by atoms with Crippen molar-refractivity contribution in [2.75, 3.05) is 0 Å². The van der Waals surface area contributed by atoms with E-state index in [9.17, 15) is 18.0 Å². The summed E-state index contributed by atoms with van der Waals surface area (Å²) in [6.07, 6.45) is 5.45. The lowest BCUT2D eigenvalue weighted by Crippen LogP contribution is -2.44. The fourth-order valence-electron chi connectivity index (χ4n) is 4.65. The molecule has 0 saturated heterocycles. The number of halogens is 3. The third-order valence-corrected chi connectivity index (χ3v) is 6.55. The summed E-state index contributed by atoms with van der Waals surface area (Å²) in [5.41, 5.74) is 2.12. The lowest BCUT2D eigenvalue weighted by Gasteiger charge is -2.35. The normalized spacial score (nSPS) is 16.7. The largest absolute Gasteiger partial charge is 0.433 e. The monoisotopic (exact) mass is 531 g/mol. The van der Waals surface area contributed by atoms with E-state index in [2.05, 4.69) is 35.2 Å². The summed E-state index contributed by atoms with van der Waals surface area (Å²) >= 11 is 0. The third kappa shape index (κ3) is 4.76. The smallest absolute Gasteiger partial charge is 0.387 e. The van der Waals surface area contributed by atoms with E-state index >= 15 is 0 Å². The molecule has 0 unspecified atom stereocenters. The summed E-state index contributed by atoms with van der Waals surface area (Å²) in [5.74, 6) is -0.216. The van der Waals surface area contributed by atoms with Gasteiger partial charge in [-0.05, 0) is 55.3 Å². The van der Waals surface area contributed by atoms with Gasteiger partial charge in [-0.3, -0.25) is 19.3 Å². The van der Waals surface area contributed by atoms with Gasteiger partial charge in [0, 0.05) is 24.4 Å². The first-order valence-electron chi connectivity index (χ1n) is 12.1. The van der Waals surface area contributed by atoms with Crippen molar-refractivity contribution >= 4 is 16.9 Å². The van der Waals surface area contributed by atoms with Crippen LogP contribution in [-0.4, -0.2) is 48.3 Å². The van der Waals surface area contributed by atoms with Gasteiger partial charge >= 0.3 is 6.61 Å². The molecule has 1 amide bonds. The second-order valence-electron chi connectivity index (χ2n) is 8.99. The standard InChI is InChI=1S/C27H20F3N7O2/c28-19-4-1-2-6-22(19)37-24(35-36-25(37)21-8-7-17(14-33-21)39-27(29)30)15-12-16(13-15)34-26(38)18-9-11-31-20-5-3-10-32-23(18)20/h1-11,14-16,27H,12-13H2,(H,34,38)/t15-,16-. The Labute approximate surface area is 219 Å². The molecule has 0 aliphatic heterocycles. The van der Waals surface area contributed by atoms with Crippen LogP contribution in [0.3, 0.4) is 0 Å². The van der Waals surface area contributed by atoms with E-state index in [0.29, 0.717) is 41.0 Å². The van der Waals surface area contributed by atoms with Gasteiger partial charge in [-0.25, -0.2) is 9.37 Å². The van der Waals surface area contributed by atoms with Crippen molar-refractivity contribution in [2.45, 2.75) is 31.4 Å².